The zero-order valence-corrected chi connectivity index (χ0v) is 21.4. The number of carbonyl (C=O) groups is 1. The van der Waals surface area contributed by atoms with Gasteiger partial charge in [0.1, 0.15) is 17.3 Å². The van der Waals surface area contributed by atoms with E-state index in [1.54, 1.807) is 0 Å². The van der Waals surface area contributed by atoms with E-state index in [1.165, 1.54) is 42.0 Å². The lowest BCUT2D eigenvalue weighted by Gasteiger charge is -2.19. The number of nitrogens with zero attached hydrogens (tertiary/aromatic N) is 5. The van der Waals surface area contributed by atoms with E-state index in [4.69, 9.17) is 14.9 Å². The molecule has 0 radical (unpaired) electrons. The summed E-state index contributed by atoms with van der Waals surface area (Å²) in [5.41, 5.74) is 7.11. The Morgan fingerprint density at radius 3 is 2.75 bits per heavy atom. The molecule has 0 atom stereocenters. The number of hydrogen-bond donors (Lipinski definition) is 1. The van der Waals surface area contributed by atoms with Crippen LogP contribution >= 0.6 is 15.9 Å². The standard InChI is InChI=1S/C24H28BrFN6O4/c25-17-14-16(11-12-18(17)26)32-23(31-35-24(32)34)22-19(29-36-30-22)9-5-2-6-10-20(27)28-21(33)13-15-7-3-1-4-8-15/h11-12,14-15H,1-10,13H2,(H2,27,28,33). The second kappa shape index (κ2) is 12.2. The molecule has 10 nitrogen and oxygen atoms in total. The van der Waals surface area contributed by atoms with Gasteiger partial charge in [-0.1, -0.05) is 36.0 Å². The normalized spacial score (nSPS) is 14.9. The van der Waals surface area contributed by atoms with E-state index in [2.05, 4.69) is 36.4 Å². The van der Waals surface area contributed by atoms with Crippen LogP contribution in [0.25, 0.3) is 17.2 Å². The molecule has 0 spiro atoms. The Balaban J connectivity index is 1.30. The Bertz CT molecular complexity index is 1280. The van der Waals surface area contributed by atoms with Gasteiger partial charge in [-0.15, -0.1) is 0 Å². The lowest BCUT2D eigenvalue weighted by molar-refractivity contribution is -0.118. The number of amidine groups is 1. The molecule has 36 heavy (non-hydrogen) atoms. The monoisotopic (exact) mass is 562 g/mol. The zero-order chi connectivity index (χ0) is 25.5. The first-order chi connectivity index (χ1) is 17.4. The van der Waals surface area contributed by atoms with E-state index in [1.807, 2.05) is 0 Å². The maximum absolute atomic E-state index is 13.6. The lowest BCUT2D eigenvalue weighted by Crippen LogP contribution is -2.16. The number of halogens is 2. The first kappa shape index (κ1) is 25.9. The summed E-state index contributed by atoms with van der Waals surface area (Å²) < 4.78 is 24.7. The fraction of sp³-hybridized carbons (Fsp3) is 0.500. The smallest absolute Gasteiger partial charge is 0.387 e. The summed E-state index contributed by atoms with van der Waals surface area (Å²) in [6.07, 6.45) is 9.73. The molecule has 1 fully saturated rings. The first-order valence-electron chi connectivity index (χ1n) is 12.1. The second-order valence-electron chi connectivity index (χ2n) is 9.03. The average Bonchev–Trinajstić information content (AvgIpc) is 3.47. The average molecular weight is 563 g/mol. The van der Waals surface area contributed by atoms with Gasteiger partial charge < -0.3 is 5.73 Å². The van der Waals surface area contributed by atoms with Crippen molar-refractivity contribution >= 4 is 27.7 Å². The molecule has 1 aliphatic carbocycles. The van der Waals surface area contributed by atoms with Crippen molar-refractivity contribution in [2.24, 2.45) is 16.6 Å². The molecule has 0 unspecified atom stereocenters. The van der Waals surface area contributed by atoms with Crippen molar-refractivity contribution in [1.29, 1.82) is 0 Å². The van der Waals surface area contributed by atoms with E-state index in [-0.39, 0.29) is 21.9 Å². The highest BCUT2D eigenvalue weighted by molar-refractivity contribution is 9.10. The van der Waals surface area contributed by atoms with Gasteiger partial charge in [-0.05, 0) is 77.3 Å². The van der Waals surface area contributed by atoms with Gasteiger partial charge in [0.15, 0.2) is 5.69 Å². The third-order valence-corrected chi connectivity index (χ3v) is 6.94. The van der Waals surface area contributed by atoms with E-state index in [9.17, 15) is 14.0 Å². The van der Waals surface area contributed by atoms with Crippen LogP contribution in [0, 0.1) is 11.7 Å². The minimum Gasteiger partial charge on any atom is -0.387 e. The molecule has 1 amide bonds. The highest BCUT2D eigenvalue weighted by atomic mass is 79.9. The van der Waals surface area contributed by atoms with Crippen LogP contribution < -0.4 is 11.5 Å². The fourth-order valence-electron chi connectivity index (χ4n) is 4.47. The van der Waals surface area contributed by atoms with Crippen molar-refractivity contribution < 1.29 is 18.3 Å². The molecule has 2 heterocycles. The molecule has 2 aromatic heterocycles. The van der Waals surface area contributed by atoms with Crippen LogP contribution in [-0.4, -0.2) is 31.8 Å². The number of aromatic nitrogens is 4. The molecule has 0 aliphatic heterocycles. The summed E-state index contributed by atoms with van der Waals surface area (Å²) in [6.45, 7) is 0. The van der Waals surface area contributed by atoms with Crippen LogP contribution in [0.3, 0.4) is 0 Å². The van der Waals surface area contributed by atoms with Crippen molar-refractivity contribution in [3.63, 3.8) is 0 Å². The summed E-state index contributed by atoms with van der Waals surface area (Å²) in [5, 5.41) is 11.7. The molecule has 1 aliphatic rings. The van der Waals surface area contributed by atoms with Gasteiger partial charge >= 0.3 is 5.76 Å². The van der Waals surface area contributed by atoms with Crippen LogP contribution in [0.5, 0.6) is 0 Å². The van der Waals surface area contributed by atoms with E-state index in [0.29, 0.717) is 42.4 Å². The zero-order valence-electron chi connectivity index (χ0n) is 19.8. The number of unbranched alkanes of at least 4 members (excludes halogenated alkanes) is 2. The molecule has 12 heteroatoms. The molecule has 0 bridgehead atoms. The number of aryl methyl sites for hydroxylation is 1. The van der Waals surface area contributed by atoms with E-state index >= 15 is 0 Å². The molecule has 4 rings (SSSR count). The van der Waals surface area contributed by atoms with Crippen LogP contribution in [-0.2, 0) is 11.2 Å². The highest BCUT2D eigenvalue weighted by Gasteiger charge is 2.23. The predicted octanol–water partition coefficient (Wildman–Crippen LogP) is 4.73. The first-order valence-corrected chi connectivity index (χ1v) is 12.9. The Labute approximate surface area is 215 Å². The summed E-state index contributed by atoms with van der Waals surface area (Å²) in [7, 11) is 0. The number of amides is 1. The Hall–Kier alpha value is -3.15. The number of aliphatic imine (C=N–C) groups is 1. The molecule has 1 aromatic carbocycles. The molecular formula is C24H28BrFN6O4. The maximum atomic E-state index is 13.6. The largest absolute Gasteiger partial charge is 0.446 e. The van der Waals surface area contributed by atoms with E-state index < -0.39 is 11.6 Å². The number of benzene rings is 1. The number of nitrogens with two attached hydrogens (primary N) is 1. The van der Waals surface area contributed by atoms with E-state index in [0.717, 1.165) is 32.1 Å². The Kier molecular flexibility index (Phi) is 8.79. The topological polar surface area (TPSA) is 142 Å². The second-order valence-corrected chi connectivity index (χ2v) is 9.89. The van der Waals surface area contributed by atoms with Crippen molar-refractivity contribution in [2.45, 2.75) is 70.6 Å². The number of hydrogen-bond acceptors (Lipinski definition) is 7. The van der Waals surface area contributed by atoms with Crippen LogP contribution in [0.15, 0.2) is 41.6 Å². The highest BCUT2D eigenvalue weighted by Crippen LogP contribution is 2.27. The molecule has 2 N–H and O–H groups in total. The van der Waals surface area contributed by atoms with Crippen LogP contribution in [0.1, 0.15) is 69.9 Å². The van der Waals surface area contributed by atoms with Gasteiger partial charge in [0.25, 0.3) is 0 Å². The molecule has 0 saturated heterocycles. The summed E-state index contributed by atoms with van der Waals surface area (Å²) in [6, 6.07) is 4.10. The van der Waals surface area contributed by atoms with Crippen LogP contribution in [0.4, 0.5) is 4.39 Å². The minimum atomic E-state index is -0.745. The summed E-state index contributed by atoms with van der Waals surface area (Å²) in [4.78, 5) is 28.5. The van der Waals surface area contributed by atoms with Gasteiger partial charge in [-0.3, -0.25) is 9.32 Å². The molecule has 3 aromatic rings. The minimum absolute atomic E-state index is 0.114. The maximum Gasteiger partial charge on any atom is 0.446 e. The molecule has 1 saturated carbocycles. The number of rotatable bonds is 10. The quantitative estimate of drug-likeness (QED) is 0.212. The molecule has 192 valence electrons. The molecular weight excluding hydrogens is 535 g/mol. The lowest BCUT2D eigenvalue weighted by atomic mass is 9.87. The van der Waals surface area contributed by atoms with Gasteiger partial charge in [0.05, 0.1) is 10.2 Å². The Morgan fingerprint density at radius 1 is 1.17 bits per heavy atom. The third kappa shape index (κ3) is 6.54. The Morgan fingerprint density at radius 2 is 1.97 bits per heavy atom. The van der Waals surface area contributed by atoms with Gasteiger partial charge in [0, 0.05) is 12.8 Å². The van der Waals surface area contributed by atoms with Gasteiger partial charge in [0.2, 0.25) is 11.7 Å². The summed E-state index contributed by atoms with van der Waals surface area (Å²) in [5.74, 6) is -0.402. The van der Waals surface area contributed by atoms with Gasteiger partial charge in [-0.2, -0.15) is 0 Å². The summed E-state index contributed by atoms with van der Waals surface area (Å²) >= 11 is 3.11. The predicted molar refractivity (Wildman–Crippen MR) is 133 cm³/mol. The van der Waals surface area contributed by atoms with Gasteiger partial charge in [-0.25, -0.2) is 23.4 Å². The van der Waals surface area contributed by atoms with Crippen LogP contribution in [0.2, 0.25) is 0 Å². The number of carbonyl (C=O) groups excluding carboxylic acids is 1. The van der Waals surface area contributed by atoms with Crippen molar-refractivity contribution in [2.75, 3.05) is 0 Å². The van der Waals surface area contributed by atoms with Crippen molar-refractivity contribution in [3.8, 4) is 17.2 Å². The van der Waals surface area contributed by atoms with Crippen molar-refractivity contribution in [1.82, 2.24) is 20.0 Å². The third-order valence-electron chi connectivity index (χ3n) is 6.34. The SMILES string of the molecule is NC(CCCCCc1nonc1-c1noc(=O)n1-c1ccc(F)c(Br)c1)=NC(=O)CC1CCCCC1. The fourth-order valence-corrected chi connectivity index (χ4v) is 4.83. The van der Waals surface area contributed by atoms with Crippen molar-refractivity contribution in [3.05, 3.63) is 44.7 Å².